The predicted molar refractivity (Wildman–Crippen MR) is 111 cm³/mol. The Morgan fingerprint density at radius 2 is 1.87 bits per heavy atom. The van der Waals surface area contributed by atoms with Crippen LogP contribution in [0.15, 0.2) is 40.8 Å². The summed E-state index contributed by atoms with van der Waals surface area (Å²) in [6.45, 7) is 4.09. The number of hydrogen-bond donors (Lipinski definition) is 1. The molecule has 164 valence electrons. The number of fused-ring (bicyclic) bond motifs is 2. The van der Waals surface area contributed by atoms with E-state index in [1.807, 2.05) is 42.2 Å². The van der Waals surface area contributed by atoms with Gasteiger partial charge in [-0.1, -0.05) is 12.1 Å². The third-order valence-electron chi connectivity index (χ3n) is 6.67. The van der Waals surface area contributed by atoms with E-state index in [0.29, 0.717) is 38.4 Å². The number of benzene rings is 1. The normalized spacial score (nSPS) is 25.7. The van der Waals surface area contributed by atoms with Gasteiger partial charge in [-0.2, -0.15) is 0 Å². The fourth-order valence-electron chi connectivity index (χ4n) is 5.16. The maximum absolute atomic E-state index is 13.6. The quantitative estimate of drug-likeness (QED) is 0.720. The molecule has 2 unspecified atom stereocenters. The number of hydrogen-bond acceptors (Lipinski definition) is 7. The van der Waals surface area contributed by atoms with Crippen molar-refractivity contribution in [2.75, 3.05) is 26.7 Å². The number of rotatable bonds is 5. The van der Waals surface area contributed by atoms with Crippen LogP contribution in [-0.4, -0.2) is 76.0 Å². The summed E-state index contributed by atoms with van der Waals surface area (Å²) < 4.78 is 10.8. The first-order chi connectivity index (χ1) is 14.9. The number of piperazine rings is 1. The van der Waals surface area contributed by atoms with Crippen molar-refractivity contribution in [2.45, 2.75) is 44.1 Å². The van der Waals surface area contributed by atoms with Gasteiger partial charge in [0.25, 0.3) is 5.91 Å². The van der Waals surface area contributed by atoms with E-state index in [2.05, 4.69) is 4.90 Å². The van der Waals surface area contributed by atoms with Crippen LogP contribution in [-0.2, 0) is 22.7 Å². The molecule has 0 aliphatic carbocycles. The number of ether oxygens (including phenoxy) is 1. The zero-order valence-electron chi connectivity index (χ0n) is 17.8. The minimum absolute atomic E-state index is 0.131. The number of methoxy groups -OCH3 is 1. The number of nitrogens with zero attached hydrogens (tertiary/aromatic N) is 3. The Morgan fingerprint density at radius 3 is 2.52 bits per heavy atom. The Labute approximate surface area is 181 Å². The van der Waals surface area contributed by atoms with Crippen molar-refractivity contribution >= 4 is 11.8 Å². The van der Waals surface area contributed by atoms with Gasteiger partial charge in [-0.3, -0.25) is 24.3 Å². The third-order valence-corrected chi connectivity index (χ3v) is 6.67. The second kappa shape index (κ2) is 7.47. The predicted octanol–water partition coefficient (Wildman–Crippen LogP) is 1.16. The van der Waals surface area contributed by atoms with Gasteiger partial charge < -0.3 is 14.3 Å². The van der Waals surface area contributed by atoms with Crippen LogP contribution in [0.3, 0.4) is 0 Å². The Morgan fingerprint density at radius 1 is 1.13 bits per heavy atom. The van der Waals surface area contributed by atoms with Gasteiger partial charge in [0.1, 0.15) is 22.8 Å². The number of aliphatic hydroxyl groups excluding tert-OH is 1. The number of carbonyl (C=O) groups excluding carboxylic acids is 2. The van der Waals surface area contributed by atoms with Gasteiger partial charge in [-0.05, 0) is 43.2 Å². The molecular weight excluding hydrogens is 398 g/mol. The first kappa shape index (κ1) is 20.2. The molecule has 0 bridgehead atoms. The van der Waals surface area contributed by atoms with E-state index in [9.17, 15) is 14.7 Å². The van der Waals surface area contributed by atoms with Crippen molar-refractivity contribution in [3.05, 3.63) is 53.5 Å². The van der Waals surface area contributed by atoms with E-state index in [4.69, 9.17) is 9.15 Å². The molecule has 3 aliphatic heterocycles. The molecule has 3 aliphatic rings. The monoisotopic (exact) mass is 425 g/mol. The summed E-state index contributed by atoms with van der Waals surface area (Å²) in [6, 6.07) is 11.1. The SMILES string of the molecule is COc1ccc(CN2CC3(C2)C(=O)N(Cc2ccc(C)o2)C(=O)C2CC(O)CN23)cc1. The molecule has 4 heterocycles. The minimum atomic E-state index is -0.774. The highest BCUT2D eigenvalue weighted by Crippen LogP contribution is 2.41. The molecule has 1 N–H and O–H groups in total. The van der Waals surface area contributed by atoms with E-state index in [1.165, 1.54) is 4.90 Å². The zero-order chi connectivity index (χ0) is 21.8. The van der Waals surface area contributed by atoms with Crippen LogP contribution in [0.5, 0.6) is 5.75 Å². The molecule has 2 atom stereocenters. The second-order valence-corrected chi connectivity index (χ2v) is 8.82. The van der Waals surface area contributed by atoms with Crippen molar-refractivity contribution < 1.29 is 23.8 Å². The zero-order valence-corrected chi connectivity index (χ0v) is 17.8. The maximum Gasteiger partial charge on any atom is 0.252 e. The number of imide groups is 1. The second-order valence-electron chi connectivity index (χ2n) is 8.82. The van der Waals surface area contributed by atoms with Gasteiger partial charge in [-0.15, -0.1) is 0 Å². The Hall–Kier alpha value is -2.68. The van der Waals surface area contributed by atoms with Crippen LogP contribution in [0.4, 0.5) is 0 Å². The summed E-state index contributed by atoms with van der Waals surface area (Å²) in [5.74, 6) is 1.71. The van der Waals surface area contributed by atoms with Gasteiger partial charge in [0.15, 0.2) is 0 Å². The molecular formula is C23H27N3O5. The van der Waals surface area contributed by atoms with E-state index in [-0.39, 0.29) is 18.4 Å². The Balaban J connectivity index is 1.36. The van der Waals surface area contributed by atoms with Crippen LogP contribution in [0.1, 0.15) is 23.5 Å². The van der Waals surface area contributed by atoms with Crippen molar-refractivity contribution in [3.8, 4) is 5.75 Å². The topological polar surface area (TPSA) is 86.5 Å². The molecule has 0 radical (unpaired) electrons. The highest BCUT2D eigenvalue weighted by Gasteiger charge is 2.64. The van der Waals surface area contributed by atoms with Gasteiger partial charge in [0.2, 0.25) is 5.91 Å². The van der Waals surface area contributed by atoms with Crippen molar-refractivity contribution in [1.82, 2.24) is 14.7 Å². The van der Waals surface area contributed by atoms with Crippen LogP contribution in [0, 0.1) is 6.92 Å². The largest absolute Gasteiger partial charge is 0.497 e. The molecule has 2 aromatic rings. The van der Waals surface area contributed by atoms with Gasteiger partial charge >= 0.3 is 0 Å². The molecule has 2 amide bonds. The highest BCUT2D eigenvalue weighted by atomic mass is 16.5. The van der Waals surface area contributed by atoms with Gasteiger partial charge in [0.05, 0.1) is 25.8 Å². The Bertz CT molecular complexity index is 995. The fraction of sp³-hybridized carbons (Fsp3) is 0.478. The summed E-state index contributed by atoms with van der Waals surface area (Å²) in [7, 11) is 1.64. The molecule has 3 fully saturated rings. The van der Waals surface area contributed by atoms with Crippen molar-refractivity contribution in [1.29, 1.82) is 0 Å². The van der Waals surface area contributed by atoms with Crippen LogP contribution < -0.4 is 4.74 Å². The third kappa shape index (κ3) is 3.35. The molecule has 8 heteroatoms. The summed E-state index contributed by atoms with van der Waals surface area (Å²) in [5.41, 5.74) is 0.361. The lowest BCUT2D eigenvalue weighted by Crippen LogP contribution is -2.81. The lowest BCUT2D eigenvalue weighted by Gasteiger charge is -2.58. The van der Waals surface area contributed by atoms with E-state index in [1.54, 1.807) is 13.2 Å². The standard InChI is InChI=1S/C23H27N3O5/c1-15-3-6-19(31-15)12-25-21(28)20-9-17(27)11-26(20)23(22(25)29)13-24(14-23)10-16-4-7-18(30-2)8-5-16/h3-8,17,20,27H,9-14H2,1-2H3. The minimum Gasteiger partial charge on any atom is -0.497 e. The van der Waals surface area contributed by atoms with Crippen molar-refractivity contribution in [3.63, 3.8) is 0 Å². The average Bonchev–Trinajstić information content (AvgIpc) is 3.33. The first-order valence-corrected chi connectivity index (χ1v) is 10.6. The van der Waals surface area contributed by atoms with Crippen LogP contribution in [0.25, 0.3) is 0 Å². The molecule has 31 heavy (non-hydrogen) atoms. The summed E-state index contributed by atoms with van der Waals surface area (Å²) in [4.78, 5) is 32.2. The average molecular weight is 425 g/mol. The van der Waals surface area contributed by atoms with Gasteiger partial charge in [-0.25, -0.2) is 0 Å². The van der Waals surface area contributed by atoms with Crippen LogP contribution >= 0.6 is 0 Å². The van der Waals surface area contributed by atoms with Gasteiger partial charge in [0, 0.05) is 26.2 Å². The lowest BCUT2D eigenvalue weighted by atomic mass is 9.82. The number of likely N-dealkylation sites (tertiary alicyclic amines) is 1. The smallest absolute Gasteiger partial charge is 0.252 e. The summed E-state index contributed by atoms with van der Waals surface area (Å²) in [5, 5.41) is 10.3. The fourth-order valence-corrected chi connectivity index (χ4v) is 5.16. The summed E-state index contributed by atoms with van der Waals surface area (Å²) >= 11 is 0. The highest BCUT2D eigenvalue weighted by molar-refractivity contribution is 6.06. The number of amides is 2. The molecule has 0 saturated carbocycles. The first-order valence-electron chi connectivity index (χ1n) is 10.6. The number of furan rings is 1. The molecule has 1 spiro atoms. The van der Waals surface area contributed by atoms with E-state index >= 15 is 0 Å². The molecule has 1 aromatic carbocycles. The van der Waals surface area contributed by atoms with E-state index in [0.717, 1.165) is 17.1 Å². The number of β-amino-alcohol motifs (C(OH)–C–C–N with tert-alkyl or cyclic N) is 1. The number of carbonyl (C=O) groups is 2. The molecule has 1 aromatic heterocycles. The summed E-state index contributed by atoms with van der Waals surface area (Å²) in [6.07, 6.45) is -0.236. The lowest BCUT2D eigenvalue weighted by molar-refractivity contribution is -0.181. The molecule has 5 rings (SSSR count). The van der Waals surface area contributed by atoms with Crippen molar-refractivity contribution in [2.24, 2.45) is 0 Å². The molecule has 3 saturated heterocycles. The maximum atomic E-state index is 13.6. The van der Waals surface area contributed by atoms with Crippen LogP contribution in [0.2, 0.25) is 0 Å². The Kier molecular flexibility index (Phi) is 4.88. The number of aryl methyl sites for hydroxylation is 1. The van der Waals surface area contributed by atoms with E-state index < -0.39 is 17.7 Å². The number of aliphatic hydroxyl groups is 1. The molecule has 8 nitrogen and oxygen atoms in total.